The molecular formula is C15H25NO3S. The minimum atomic E-state index is -3.13. The predicted octanol–water partition coefficient (Wildman–Crippen LogP) is 2.56. The van der Waals surface area contributed by atoms with Crippen LogP contribution in [0.1, 0.15) is 38.8 Å². The summed E-state index contributed by atoms with van der Waals surface area (Å²) in [5.41, 5.74) is 0.903. The van der Waals surface area contributed by atoms with E-state index in [9.17, 15) is 8.42 Å². The number of sulfone groups is 1. The molecule has 0 bridgehead atoms. The Bertz CT molecular complexity index is 514. The lowest BCUT2D eigenvalue weighted by Crippen LogP contribution is -2.35. The lowest BCUT2D eigenvalue weighted by Gasteiger charge is -2.26. The van der Waals surface area contributed by atoms with Gasteiger partial charge in [-0.15, -0.1) is 0 Å². The number of ether oxygens (including phenoxy) is 1. The van der Waals surface area contributed by atoms with Crippen LogP contribution < -0.4 is 10.1 Å². The van der Waals surface area contributed by atoms with E-state index in [0.29, 0.717) is 6.61 Å². The maximum absolute atomic E-state index is 11.9. The van der Waals surface area contributed by atoms with Crippen molar-refractivity contribution in [2.75, 3.05) is 19.4 Å². The van der Waals surface area contributed by atoms with Gasteiger partial charge in [0.15, 0.2) is 9.84 Å². The summed E-state index contributed by atoms with van der Waals surface area (Å²) >= 11 is 0. The normalized spacial score (nSPS) is 14.8. The van der Waals surface area contributed by atoms with E-state index in [1.165, 1.54) is 6.26 Å². The average molecular weight is 299 g/mol. The van der Waals surface area contributed by atoms with E-state index in [4.69, 9.17) is 4.74 Å². The van der Waals surface area contributed by atoms with Crippen molar-refractivity contribution in [2.24, 2.45) is 0 Å². The first-order valence-corrected chi connectivity index (χ1v) is 9.01. The molecular weight excluding hydrogens is 274 g/mol. The summed E-state index contributed by atoms with van der Waals surface area (Å²) in [5.74, 6) is 0.749. The van der Waals surface area contributed by atoms with Crippen molar-refractivity contribution >= 4 is 9.84 Å². The fraction of sp³-hybridized carbons (Fsp3) is 0.600. The molecule has 4 nitrogen and oxygen atoms in total. The topological polar surface area (TPSA) is 55.4 Å². The molecule has 114 valence electrons. The van der Waals surface area contributed by atoms with Crippen molar-refractivity contribution in [3.8, 4) is 5.75 Å². The van der Waals surface area contributed by atoms with Gasteiger partial charge in [-0.2, -0.15) is 0 Å². The molecule has 1 aromatic carbocycles. The minimum Gasteiger partial charge on any atom is -0.494 e. The van der Waals surface area contributed by atoms with E-state index in [1.807, 2.05) is 31.2 Å². The molecule has 0 fully saturated rings. The summed E-state index contributed by atoms with van der Waals surface area (Å²) in [6.45, 7) is 7.05. The summed E-state index contributed by atoms with van der Waals surface area (Å²) in [6.07, 6.45) is 2.23. The van der Waals surface area contributed by atoms with Crippen LogP contribution in [0.15, 0.2) is 24.3 Å². The first-order valence-electron chi connectivity index (χ1n) is 7.05. The molecule has 0 heterocycles. The Balaban J connectivity index is 3.16. The molecule has 0 aromatic heterocycles. The van der Waals surface area contributed by atoms with Crippen LogP contribution in [0, 0.1) is 0 Å². The van der Waals surface area contributed by atoms with Crippen LogP contribution >= 0.6 is 0 Å². The van der Waals surface area contributed by atoms with Crippen LogP contribution in [0.25, 0.3) is 0 Å². The first-order chi connectivity index (χ1) is 9.41. The van der Waals surface area contributed by atoms with Crippen LogP contribution in [0.2, 0.25) is 0 Å². The highest BCUT2D eigenvalue weighted by Gasteiger charge is 2.28. The van der Waals surface area contributed by atoms with E-state index in [0.717, 1.165) is 24.3 Å². The van der Waals surface area contributed by atoms with E-state index in [2.05, 4.69) is 12.2 Å². The van der Waals surface area contributed by atoms with Gasteiger partial charge >= 0.3 is 0 Å². The predicted molar refractivity (Wildman–Crippen MR) is 83.0 cm³/mol. The Morgan fingerprint density at radius 1 is 1.25 bits per heavy atom. The highest BCUT2D eigenvalue weighted by Crippen LogP contribution is 2.29. The van der Waals surface area contributed by atoms with Crippen LogP contribution in [0.5, 0.6) is 5.75 Å². The zero-order valence-corrected chi connectivity index (χ0v) is 13.5. The lowest BCUT2D eigenvalue weighted by molar-refractivity contribution is 0.330. The van der Waals surface area contributed by atoms with Gasteiger partial charge in [-0.05, 0) is 32.9 Å². The second kappa shape index (κ2) is 7.64. The van der Waals surface area contributed by atoms with Crippen molar-refractivity contribution < 1.29 is 13.2 Å². The van der Waals surface area contributed by atoms with Crippen LogP contribution in [0.3, 0.4) is 0 Å². The van der Waals surface area contributed by atoms with Crippen molar-refractivity contribution in [1.29, 1.82) is 0 Å². The van der Waals surface area contributed by atoms with E-state index in [1.54, 1.807) is 6.92 Å². The molecule has 20 heavy (non-hydrogen) atoms. The van der Waals surface area contributed by atoms with Gasteiger partial charge in [0.25, 0.3) is 0 Å². The Hall–Kier alpha value is -1.07. The molecule has 0 aliphatic carbocycles. The van der Waals surface area contributed by atoms with Gasteiger partial charge in [-0.3, -0.25) is 0 Å². The summed E-state index contributed by atoms with van der Waals surface area (Å²) < 4.78 is 29.4. The lowest BCUT2D eigenvalue weighted by atomic mass is 10.0. The second-order valence-corrected chi connectivity index (χ2v) is 7.34. The van der Waals surface area contributed by atoms with Gasteiger partial charge < -0.3 is 10.1 Å². The molecule has 0 amide bonds. The summed E-state index contributed by atoms with van der Waals surface area (Å²) in [4.78, 5) is 0. The zero-order chi connectivity index (χ0) is 15.2. The van der Waals surface area contributed by atoms with E-state index in [-0.39, 0.29) is 6.04 Å². The molecule has 2 atom stereocenters. The molecule has 0 aliphatic heterocycles. The minimum absolute atomic E-state index is 0.257. The van der Waals surface area contributed by atoms with Crippen LogP contribution in [-0.4, -0.2) is 33.1 Å². The third kappa shape index (κ3) is 4.49. The quantitative estimate of drug-likeness (QED) is 0.801. The maximum atomic E-state index is 11.9. The maximum Gasteiger partial charge on any atom is 0.151 e. The molecule has 2 unspecified atom stereocenters. The van der Waals surface area contributed by atoms with Gasteiger partial charge in [0.05, 0.1) is 17.9 Å². The molecule has 5 heteroatoms. The standard InChI is InChI=1S/C15H25NO3S/c1-5-11-16-15(12(3)20(4,17)18)13-9-7-8-10-14(13)19-6-2/h7-10,12,15-16H,5-6,11H2,1-4H3. The van der Waals surface area contributed by atoms with Crippen LogP contribution in [0.4, 0.5) is 0 Å². The van der Waals surface area contributed by atoms with E-state index < -0.39 is 15.1 Å². The zero-order valence-electron chi connectivity index (χ0n) is 12.7. The monoisotopic (exact) mass is 299 g/mol. The van der Waals surface area contributed by atoms with Crippen molar-refractivity contribution in [3.05, 3.63) is 29.8 Å². The molecule has 0 radical (unpaired) electrons. The second-order valence-electron chi connectivity index (χ2n) is 4.94. The fourth-order valence-corrected chi connectivity index (χ4v) is 2.84. The molecule has 0 saturated heterocycles. The first kappa shape index (κ1) is 17.0. The smallest absolute Gasteiger partial charge is 0.151 e. The number of rotatable bonds is 8. The number of benzene rings is 1. The SMILES string of the molecule is CCCNC(c1ccccc1OCC)C(C)S(C)(=O)=O. The number of para-hydroxylation sites is 1. The highest BCUT2D eigenvalue weighted by molar-refractivity contribution is 7.91. The van der Waals surface area contributed by atoms with Crippen LogP contribution in [-0.2, 0) is 9.84 Å². The number of hydrogen-bond donors (Lipinski definition) is 1. The van der Waals surface area contributed by atoms with Crippen molar-refractivity contribution in [3.63, 3.8) is 0 Å². The third-order valence-corrected chi connectivity index (χ3v) is 4.94. The molecule has 1 rings (SSSR count). The highest BCUT2D eigenvalue weighted by atomic mass is 32.2. The average Bonchev–Trinajstić information content (AvgIpc) is 2.40. The fourth-order valence-electron chi connectivity index (χ4n) is 2.10. The van der Waals surface area contributed by atoms with Gasteiger partial charge in [-0.25, -0.2) is 8.42 Å². The Kier molecular flexibility index (Phi) is 6.49. The van der Waals surface area contributed by atoms with Crippen molar-refractivity contribution in [1.82, 2.24) is 5.32 Å². The van der Waals surface area contributed by atoms with Gasteiger partial charge in [0.2, 0.25) is 0 Å². The Morgan fingerprint density at radius 3 is 2.45 bits per heavy atom. The largest absolute Gasteiger partial charge is 0.494 e. The third-order valence-electron chi connectivity index (χ3n) is 3.31. The molecule has 1 aromatic rings. The molecule has 1 N–H and O–H groups in total. The summed E-state index contributed by atoms with van der Waals surface area (Å²) in [6, 6.07) is 7.37. The van der Waals surface area contributed by atoms with E-state index >= 15 is 0 Å². The summed E-state index contributed by atoms with van der Waals surface area (Å²) in [7, 11) is -3.13. The number of nitrogens with one attached hydrogen (secondary N) is 1. The van der Waals surface area contributed by atoms with Gasteiger partial charge in [0, 0.05) is 11.8 Å². The molecule has 0 saturated carbocycles. The molecule has 0 aliphatic rings. The Morgan fingerprint density at radius 2 is 1.90 bits per heavy atom. The number of hydrogen-bond acceptors (Lipinski definition) is 4. The van der Waals surface area contributed by atoms with Crippen molar-refractivity contribution in [2.45, 2.75) is 38.5 Å². The Labute approximate surface area is 122 Å². The summed E-state index contributed by atoms with van der Waals surface area (Å²) in [5, 5.41) is 2.83. The molecule has 0 spiro atoms. The van der Waals surface area contributed by atoms with Gasteiger partial charge in [0.1, 0.15) is 5.75 Å². The van der Waals surface area contributed by atoms with Gasteiger partial charge in [-0.1, -0.05) is 25.1 Å².